The third-order valence-electron chi connectivity index (χ3n) is 5.05. The Morgan fingerprint density at radius 2 is 1.76 bits per heavy atom. The van der Waals surface area contributed by atoms with E-state index >= 15 is 0 Å². The number of nitrogens with one attached hydrogen (secondary N) is 1. The van der Waals surface area contributed by atoms with Gasteiger partial charge in [-0.15, -0.1) is 0 Å². The first-order chi connectivity index (χ1) is 10.3. The van der Waals surface area contributed by atoms with E-state index in [1.54, 1.807) is 0 Å². The zero-order chi connectivity index (χ0) is 14.9. The summed E-state index contributed by atoms with van der Waals surface area (Å²) in [7, 11) is 2.22. The third kappa shape index (κ3) is 6.64. The van der Waals surface area contributed by atoms with Crippen molar-refractivity contribution in [3.8, 4) is 0 Å². The van der Waals surface area contributed by atoms with Crippen molar-refractivity contribution >= 4 is 0 Å². The maximum atomic E-state index is 9.96. The minimum absolute atomic E-state index is 0.372. The van der Waals surface area contributed by atoms with E-state index in [0.717, 1.165) is 19.1 Å². The van der Waals surface area contributed by atoms with Gasteiger partial charge in [0.05, 0.1) is 18.8 Å². The van der Waals surface area contributed by atoms with E-state index in [-0.39, 0.29) is 6.10 Å². The maximum absolute atomic E-state index is 9.96. The minimum atomic E-state index is -0.372. The van der Waals surface area contributed by atoms with Crippen molar-refractivity contribution < 1.29 is 9.84 Å². The molecule has 0 aromatic carbocycles. The summed E-state index contributed by atoms with van der Waals surface area (Å²) in [5.74, 6) is 0. The Morgan fingerprint density at radius 3 is 2.48 bits per heavy atom. The lowest BCUT2D eigenvalue weighted by Gasteiger charge is -2.25. The van der Waals surface area contributed by atoms with Gasteiger partial charge in [0, 0.05) is 25.7 Å². The molecule has 2 saturated carbocycles. The van der Waals surface area contributed by atoms with Crippen LogP contribution in [0, 0.1) is 0 Å². The molecular weight excluding hydrogens is 264 g/mol. The molecule has 2 aliphatic rings. The van der Waals surface area contributed by atoms with Crippen LogP contribution in [0.3, 0.4) is 0 Å². The van der Waals surface area contributed by atoms with Gasteiger partial charge >= 0.3 is 0 Å². The Hall–Kier alpha value is -0.160. The van der Waals surface area contributed by atoms with Crippen LogP contribution in [0.2, 0.25) is 0 Å². The monoisotopic (exact) mass is 298 g/mol. The number of aliphatic hydroxyl groups is 1. The molecule has 1 unspecified atom stereocenters. The number of hydrogen-bond acceptors (Lipinski definition) is 4. The maximum Gasteiger partial charge on any atom is 0.0897 e. The molecule has 4 heteroatoms. The first kappa shape index (κ1) is 17.2. The molecule has 0 aliphatic heterocycles. The lowest BCUT2D eigenvalue weighted by molar-refractivity contribution is -0.0230. The summed E-state index contributed by atoms with van der Waals surface area (Å²) in [6.45, 7) is 3.15. The number of ether oxygens (including phenoxy) is 1. The van der Waals surface area contributed by atoms with E-state index < -0.39 is 0 Å². The lowest BCUT2D eigenvalue weighted by Crippen LogP contribution is -2.39. The zero-order valence-corrected chi connectivity index (χ0v) is 13.7. The van der Waals surface area contributed by atoms with Crippen LogP contribution < -0.4 is 5.32 Å². The highest BCUT2D eigenvalue weighted by molar-refractivity contribution is 4.75. The fraction of sp³-hybridized carbons (Fsp3) is 1.00. The number of likely N-dealkylation sites (N-methyl/N-ethyl adjacent to an activating group) is 1. The zero-order valence-electron chi connectivity index (χ0n) is 13.7. The normalized spacial score (nSPS) is 23.0. The average molecular weight is 298 g/mol. The van der Waals surface area contributed by atoms with Crippen LogP contribution >= 0.6 is 0 Å². The Kier molecular flexibility index (Phi) is 8.01. The summed E-state index contributed by atoms with van der Waals surface area (Å²) < 4.78 is 5.80. The van der Waals surface area contributed by atoms with Crippen molar-refractivity contribution in [1.82, 2.24) is 10.2 Å². The summed E-state index contributed by atoms with van der Waals surface area (Å²) in [4.78, 5) is 2.46. The molecular formula is C17H34N2O2. The van der Waals surface area contributed by atoms with Crippen LogP contribution in [-0.2, 0) is 4.74 Å². The van der Waals surface area contributed by atoms with Gasteiger partial charge in [-0.05, 0) is 32.7 Å². The average Bonchev–Trinajstić information content (AvgIpc) is 3.05. The summed E-state index contributed by atoms with van der Waals surface area (Å²) in [5.41, 5.74) is 0. The fourth-order valence-electron chi connectivity index (χ4n) is 3.59. The SMILES string of the molecule is CN(CCNCC(O)COC1CCCCC1)C1CCCC1. The molecule has 4 nitrogen and oxygen atoms in total. The molecule has 0 saturated heterocycles. The minimum Gasteiger partial charge on any atom is -0.389 e. The summed E-state index contributed by atoms with van der Waals surface area (Å²) in [6, 6.07) is 0.784. The largest absolute Gasteiger partial charge is 0.389 e. The number of aliphatic hydroxyl groups excluding tert-OH is 1. The fourth-order valence-corrected chi connectivity index (χ4v) is 3.59. The number of rotatable bonds is 9. The predicted molar refractivity (Wildman–Crippen MR) is 86.6 cm³/mol. The van der Waals surface area contributed by atoms with Crippen molar-refractivity contribution in [3.63, 3.8) is 0 Å². The molecule has 2 fully saturated rings. The summed E-state index contributed by atoms with van der Waals surface area (Å²) >= 11 is 0. The molecule has 0 spiro atoms. The standard InChI is InChI=1S/C17H34N2O2/c1-19(15-7-5-6-8-15)12-11-18-13-16(20)14-21-17-9-3-2-4-10-17/h15-18,20H,2-14H2,1H3. The summed E-state index contributed by atoms with van der Waals surface area (Å²) in [5, 5.41) is 13.3. The van der Waals surface area contributed by atoms with Crippen molar-refractivity contribution in [2.24, 2.45) is 0 Å². The highest BCUT2D eigenvalue weighted by Gasteiger charge is 2.19. The molecule has 2 aliphatic carbocycles. The van der Waals surface area contributed by atoms with E-state index in [4.69, 9.17) is 4.74 Å². The Morgan fingerprint density at radius 1 is 1.10 bits per heavy atom. The molecule has 0 aromatic rings. The van der Waals surface area contributed by atoms with Crippen LogP contribution in [0.1, 0.15) is 57.8 Å². The predicted octanol–water partition coefficient (Wildman–Crippen LogP) is 2.16. The second-order valence-corrected chi connectivity index (χ2v) is 6.87. The van der Waals surface area contributed by atoms with Crippen LogP contribution in [0.15, 0.2) is 0 Å². The van der Waals surface area contributed by atoms with Crippen LogP contribution in [0.5, 0.6) is 0 Å². The van der Waals surface area contributed by atoms with Gasteiger partial charge in [0.15, 0.2) is 0 Å². The quantitative estimate of drug-likeness (QED) is 0.640. The van der Waals surface area contributed by atoms with Crippen LogP contribution in [-0.4, -0.2) is 61.5 Å². The summed E-state index contributed by atoms with van der Waals surface area (Å²) in [6.07, 6.45) is 11.8. The lowest BCUT2D eigenvalue weighted by atomic mass is 9.98. The molecule has 2 N–H and O–H groups in total. The van der Waals surface area contributed by atoms with E-state index in [9.17, 15) is 5.11 Å². The van der Waals surface area contributed by atoms with Crippen LogP contribution in [0.4, 0.5) is 0 Å². The number of hydrogen-bond donors (Lipinski definition) is 2. The van der Waals surface area contributed by atoms with E-state index in [1.807, 2.05) is 0 Å². The molecule has 0 radical (unpaired) electrons. The van der Waals surface area contributed by atoms with Gasteiger partial charge in [-0.3, -0.25) is 0 Å². The molecule has 2 rings (SSSR count). The van der Waals surface area contributed by atoms with Crippen molar-refractivity contribution in [3.05, 3.63) is 0 Å². The molecule has 0 amide bonds. The van der Waals surface area contributed by atoms with Gasteiger partial charge in [0.25, 0.3) is 0 Å². The number of nitrogens with zero attached hydrogens (tertiary/aromatic N) is 1. The second-order valence-electron chi connectivity index (χ2n) is 6.87. The van der Waals surface area contributed by atoms with Gasteiger partial charge < -0.3 is 20.1 Å². The Bertz CT molecular complexity index is 264. The van der Waals surface area contributed by atoms with Crippen LogP contribution in [0.25, 0.3) is 0 Å². The van der Waals surface area contributed by atoms with Crippen molar-refractivity contribution in [2.45, 2.75) is 76.0 Å². The van der Waals surface area contributed by atoms with Gasteiger partial charge in [-0.2, -0.15) is 0 Å². The third-order valence-corrected chi connectivity index (χ3v) is 5.05. The molecule has 124 valence electrons. The van der Waals surface area contributed by atoms with Crippen molar-refractivity contribution in [2.75, 3.05) is 33.3 Å². The molecule has 0 aromatic heterocycles. The Labute approximate surface area is 130 Å². The van der Waals surface area contributed by atoms with Gasteiger partial charge in [0.1, 0.15) is 0 Å². The first-order valence-corrected chi connectivity index (χ1v) is 8.96. The Balaban J connectivity index is 1.45. The molecule has 0 heterocycles. The molecule has 1 atom stereocenters. The van der Waals surface area contributed by atoms with E-state index in [2.05, 4.69) is 17.3 Å². The van der Waals surface area contributed by atoms with Gasteiger partial charge in [0.2, 0.25) is 0 Å². The van der Waals surface area contributed by atoms with Gasteiger partial charge in [-0.1, -0.05) is 32.1 Å². The van der Waals surface area contributed by atoms with E-state index in [0.29, 0.717) is 19.3 Å². The van der Waals surface area contributed by atoms with Gasteiger partial charge in [-0.25, -0.2) is 0 Å². The van der Waals surface area contributed by atoms with E-state index in [1.165, 1.54) is 57.8 Å². The highest BCUT2D eigenvalue weighted by Crippen LogP contribution is 2.22. The first-order valence-electron chi connectivity index (χ1n) is 8.96. The smallest absolute Gasteiger partial charge is 0.0897 e. The molecule has 0 bridgehead atoms. The van der Waals surface area contributed by atoms with Crippen molar-refractivity contribution in [1.29, 1.82) is 0 Å². The highest BCUT2D eigenvalue weighted by atomic mass is 16.5. The second kappa shape index (κ2) is 9.78. The topological polar surface area (TPSA) is 44.7 Å². The molecule has 21 heavy (non-hydrogen) atoms.